The number of hydrogen-bond acceptors (Lipinski definition) is 9. The van der Waals surface area contributed by atoms with E-state index in [9.17, 15) is 9.59 Å². The second kappa shape index (κ2) is 14.8. The Morgan fingerprint density at radius 3 is 2.47 bits per heavy atom. The van der Waals surface area contributed by atoms with Gasteiger partial charge in [0.25, 0.3) is 0 Å². The number of carbonyl (C=O) groups excluding carboxylic acids is 1. The van der Waals surface area contributed by atoms with E-state index in [2.05, 4.69) is 0 Å². The quantitative estimate of drug-likeness (QED) is 0.212. The Bertz CT molecular complexity index is 1070. The molecule has 0 spiro atoms. The van der Waals surface area contributed by atoms with Crippen molar-refractivity contribution in [2.45, 2.75) is 71.2 Å². The molecule has 2 heterocycles. The van der Waals surface area contributed by atoms with Gasteiger partial charge in [-0.1, -0.05) is 0 Å². The molecule has 1 aliphatic carbocycles. The normalized spacial score (nSPS) is 17.1. The van der Waals surface area contributed by atoms with Crippen LogP contribution in [0, 0.1) is 5.92 Å². The summed E-state index contributed by atoms with van der Waals surface area (Å²) in [5, 5.41) is 0. The van der Waals surface area contributed by atoms with Crippen molar-refractivity contribution < 1.29 is 37.6 Å². The zero-order valence-corrected chi connectivity index (χ0v) is 22.1. The molecule has 0 amide bonds. The summed E-state index contributed by atoms with van der Waals surface area (Å²) in [6, 6.07) is 6.55. The van der Waals surface area contributed by atoms with Gasteiger partial charge < -0.3 is 32.8 Å². The third-order valence-corrected chi connectivity index (χ3v) is 6.33. The Hall–Kier alpha value is -3.04. The minimum Gasteiger partial charge on any atom is -0.490 e. The highest BCUT2D eigenvalue weighted by molar-refractivity contribution is 5.90. The lowest BCUT2D eigenvalue weighted by Gasteiger charge is -2.22. The van der Waals surface area contributed by atoms with Crippen LogP contribution in [0.4, 0.5) is 0 Å². The maximum absolute atomic E-state index is 12.3. The third kappa shape index (κ3) is 9.06. The number of esters is 1. The summed E-state index contributed by atoms with van der Waals surface area (Å²) in [6.45, 7) is 4.52. The van der Waals surface area contributed by atoms with Crippen molar-refractivity contribution in [3.8, 4) is 17.2 Å². The van der Waals surface area contributed by atoms with E-state index >= 15 is 0 Å². The number of ether oxygens (including phenoxy) is 6. The highest BCUT2D eigenvalue weighted by atomic mass is 16.7. The van der Waals surface area contributed by atoms with Crippen molar-refractivity contribution in [1.82, 2.24) is 0 Å². The first-order chi connectivity index (χ1) is 18.6. The molecule has 0 bridgehead atoms. The molecule has 9 nitrogen and oxygen atoms in total. The number of carbonyl (C=O) groups is 1. The van der Waals surface area contributed by atoms with Crippen molar-refractivity contribution in [2.24, 2.45) is 5.92 Å². The molecule has 1 aromatic carbocycles. The van der Waals surface area contributed by atoms with Gasteiger partial charge in [-0.2, -0.15) is 0 Å². The van der Waals surface area contributed by atoms with Crippen molar-refractivity contribution in [3.05, 3.63) is 52.1 Å². The molecule has 2 fully saturated rings. The summed E-state index contributed by atoms with van der Waals surface area (Å²) in [6.07, 6.45) is 8.86. The van der Waals surface area contributed by atoms with Gasteiger partial charge in [-0.3, -0.25) is 4.79 Å². The molecule has 1 atom stereocenters. The fourth-order valence-corrected chi connectivity index (χ4v) is 3.96. The first kappa shape index (κ1) is 28.0. The standard InChI is InChI=1S/C29H38O9/c1-2-32-29(31)22-11-12-25(26(16-22)37-18-21-9-10-21)33-13-5-3-6-14-34-27-20-36-23(17-24(27)30)19-38-28-8-4-7-15-35-28/h11-12,16-17,20-21,28H,2-10,13-15,18-19H2,1H3. The lowest BCUT2D eigenvalue weighted by atomic mass is 10.2. The van der Waals surface area contributed by atoms with Crippen LogP contribution in [0.3, 0.4) is 0 Å². The van der Waals surface area contributed by atoms with Gasteiger partial charge >= 0.3 is 5.97 Å². The van der Waals surface area contributed by atoms with Crippen molar-refractivity contribution in [3.63, 3.8) is 0 Å². The number of rotatable bonds is 16. The molecule has 1 saturated heterocycles. The van der Waals surface area contributed by atoms with Crippen LogP contribution in [0.1, 0.15) is 74.4 Å². The van der Waals surface area contributed by atoms with Crippen LogP contribution in [-0.2, 0) is 20.8 Å². The SMILES string of the molecule is CCOC(=O)c1ccc(OCCCCCOc2coc(COC3CCCCO3)cc2=O)c(OCC2CC2)c1. The molecule has 1 unspecified atom stereocenters. The van der Waals surface area contributed by atoms with Gasteiger partial charge in [-0.25, -0.2) is 4.79 Å². The second-order valence-electron chi connectivity index (χ2n) is 9.58. The molecule has 0 N–H and O–H groups in total. The van der Waals surface area contributed by atoms with E-state index in [0.717, 1.165) is 38.5 Å². The van der Waals surface area contributed by atoms with Crippen molar-refractivity contribution in [2.75, 3.05) is 33.0 Å². The molecule has 1 aromatic heterocycles. The van der Waals surface area contributed by atoms with Gasteiger partial charge in [-0.05, 0) is 82.4 Å². The van der Waals surface area contributed by atoms with Crippen LogP contribution >= 0.6 is 0 Å². The molecule has 0 radical (unpaired) electrons. The summed E-state index contributed by atoms with van der Waals surface area (Å²) in [4.78, 5) is 24.4. The summed E-state index contributed by atoms with van der Waals surface area (Å²) in [7, 11) is 0. The zero-order chi connectivity index (χ0) is 26.6. The molecule has 38 heavy (non-hydrogen) atoms. The number of unbranched alkanes of at least 4 members (excludes halogenated alkanes) is 2. The Morgan fingerprint density at radius 1 is 0.947 bits per heavy atom. The maximum atomic E-state index is 12.3. The first-order valence-electron chi connectivity index (χ1n) is 13.7. The van der Waals surface area contributed by atoms with E-state index in [1.807, 2.05) is 0 Å². The van der Waals surface area contributed by atoms with Crippen LogP contribution in [-0.4, -0.2) is 45.3 Å². The molecular formula is C29H38O9. The molecule has 9 heteroatoms. The molecule has 208 valence electrons. The Balaban J connectivity index is 1.15. The highest BCUT2D eigenvalue weighted by Crippen LogP contribution is 2.34. The third-order valence-electron chi connectivity index (χ3n) is 6.33. The van der Waals surface area contributed by atoms with E-state index in [4.69, 9.17) is 32.8 Å². The molecular weight excluding hydrogens is 492 g/mol. The zero-order valence-electron chi connectivity index (χ0n) is 22.1. The monoisotopic (exact) mass is 530 g/mol. The molecule has 1 aliphatic heterocycles. The molecule has 1 saturated carbocycles. The van der Waals surface area contributed by atoms with Crippen LogP contribution in [0.15, 0.2) is 39.7 Å². The maximum Gasteiger partial charge on any atom is 0.338 e. The van der Waals surface area contributed by atoms with Gasteiger partial charge in [0.2, 0.25) is 11.2 Å². The van der Waals surface area contributed by atoms with E-state index < -0.39 is 0 Å². The van der Waals surface area contributed by atoms with E-state index in [1.165, 1.54) is 25.2 Å². The summed E-state index contributed by atoms with van der Waals surface area (Å²) < 4.78 is 39.3. The van der Waals surface area contributed by atoms with Gasteiger partial charge in [0.15, 0.2) is 17.8 Å². The number of hydrogen-bond donors (Lipinski definition) is 0. The van der Waals surface area contributed by atoms with E-state index in [0.29, 0.717) is 61.8 Å². The van der Waals surface area contributed by atoms with Crippen LogP contribution < -0.4 is 19.6 Å². The highest BCUT2D eigenvalue weighted by Gasteiger charge is 2.23. The lowest BCUT2D eigenvalue weighted by molar-refractivity contribution is -0.171. The smallest absolute Gasteiger partial charge is 0.338 e. The van der Waals surface area contributed by atoms with Crippen molar-refractivity contribution >= 4 is 5.97 Å². The minimum absolute atomic E-state index is 0.193. The van der Waals surface area contributed by atoms with Gasteiger partial charge in [0, 0.05) is 12.7 Å². The largest absolute Gasteiger partial charge is 0.490 e. The van der Waals surface area contributed by atoms with Gasteiger partial charge in [0.05, 0.1) is 32.0 Å². The predicted octanol–water partition coefficient (Wildman–Crippen LogP) is 5.28. The summed E-state index contributed by atoms with van der Waals surface area (Å²) in [5.41, 5.74) is 0.221. The van der Waals surface area contributed by atoms with Crippen LogP contribution in [0.25, 0.3) is 0 Å². The van der Waals surface area contributed by atoms with Gasteiger partial charge in [0.1, 0.15) is 18.6 Å². The molecule has 4 rings (SSSR count). The molecule has 2 aromatic rings. The Kier molecular flexibility index (Phi) is 10.9. The average molecular weight is 531 g/mol. The Labute approximate surface area is 223 Å². The summed E-state index contributed by atoms with van der Waals surface area (Å²) >= 11 is 0. The summed E-state index contributed by atoms with van der Waals surface area (Å²) in [5.74, 6) is 2.03. The topological polar surface area (TPSA) is 103 Å². The van der Waals surface area contributed by atoms with E-state index in [-0.39, 0.29) is 30.0 Å². The van der Waals surface area contributed by atoms with Gasteiger partial charge in [-0.15, -0.1) is 0 Å². The van der Waals surface area contributed by atoms with E-state index in [1.54, 1.807) is 25.1 Å². The molecule has 2 aliphatic rings. The fourth-order valence-electron chi connectivity index (χ4n) is 3.96. The predicted molar refractivity (Wildman–Crippen MR) is 139 cm³/mol. The average Bonchev–Trinajstić information content (AvgIpc) is 3.77. The number of benzene rings is 1. The Morgan fingerprint density at radius 2 is 1.76 bits per heavy atom. The van der Waals surface area contributed by atoms with Crippen LogP contribution in [0.2, 0.25) is 0 Å². The van der Waals surface area contributed by atoms with Crippen molar-refractivity contribution in [1.29, 1.82) is 0 Å². The van der Waals surface area contributed by atoms with Crippen LogP contribution in [0.5, 0.6) is 17.2 Å². The lowest BCUT2D eigenvalue weighted by Crippen LogP contribution is -2.22. The second-order valence-corrected chi connectivity index (χ2v) is 9.58. The first-order valence-corrected chi connectivity index (χ1v) is 13.7. The minimum atomic E-state index is -0.374. The fraction of sp³-hybridized carbons (Fsp3) is 0.586.